The van der Waals surface area contributed by atoms with Crippen molar-refractivity contribution in [2.24, 2.45) is 0 Å². The van der Waals surface area contributed by atoms with Crippen LogP contribution in [0.15, 0.2) is 0 Å². The van der Waals surface area contributed by atoms with E-state index in [1.807, 2.05) is 0 Å². The average Bonchev–Trinajstić information content (AvgIpc) is 2.03. The highest BCUT2D eigenvalue weighted by Crippen LogP contribution is 2.04. The van der Waals surface area contributed by atoms with E-state index in [0.29, 0.717) is 0 Å². The molecule has 6 heteroatoms. The number of hydrogen-bond acceptors (Lipinski definition) is 5. The van der Waals surface area contributed by atoms with Gasteiger partial charge in [-0.2, -0.15) is 0 Å². The van der Waals surface area contributed by atoms with Crippen molar-refractivity contribution in [2.45, 2.75) is 0 Å². The molecule has 0 aromatic rings. The second-order valence-corrected chi connectivity index (χ2v) is 3.21. The van der Waals surface area contributed by atoms with Gasteiger partial charge in [-0.25, -0.2) is 0 Å². The number of nitrogens with zero attached hydrogens (tertiary/aromatic N) is 1. The third kappa shape index (κ3) is 4.52. The van der Waals surface area contributed by atoms with Gasteiger partial charge in [0.2, 0.25) is 0 Å². The van der Waals surface area contributed by atoms with Crippen LogP contribution < -0.4 is 5.11 Å². The van der Waals surface area contributed by atoms with E-state index < -0.39 is 5.97 Å². The van der Waals surface area contributed by atoms with Crippen LogP contribution in [-0.2, 0) is 4.79 Å². The molecule has 0 saturated carbocycles. The molecule has 84 valence electrons. The molecule has 0 aromatic carbocycles. The molecule has 0 fully saturated rings. The van der Waals surface area contributed by atoms with Gasteiger partial charge >= 0.3 is 0 Å². The summed E-state index contributed by atoms with van der Waals surface area (Å²) < 4.78 is -0.0498. The van der Waals surface area contributed by atoms with Crippen LogP contribution in [0.5, 0.6) is 0 Å². The van der Waals surface area contributed by atoms with Gasteiger partial charge in [0, 0.05) is 0 Å². The Hall–Kier alpha value is -0.690. The van der Waals surface area contributed by atoms with E-state index in [-0.39, 0.29) is 50.5 Å². The van der Waals surface area contributed by atoms with Crippen molar-refractivity contribution in [1.29, 1.82) is 0 Å². The Balaban J connectivity index is 4.45. The molecule has 0 radical (unpaired) electrons. The lowest BCUT2D eigenvalue weighted by atomic mass is 10.3. The first-order valence-corrected chi connectivity index (χ1v) is 4.48. The second kappa shape index (κ2) is 6.72. The van der Waals surface area contributed by atoms with Crippen molar-refractivity contribution in [2.75, 3.05) is 46.0 Å². The van der Waals surface area contributed by atoms with E-state index in [1.54, 1.807) is 0 Å². The topological polar surface area (TPSA) is 101 Å². The Morgan fingerprint density at radius 2 is 1.36 bits per heavy atom. The van der Waals surface area contributed by atoms with Crippen LogP contribution in [0.4, 0.5) is 0 Å². The smallest absolute Gasteiger partial charge is 0.119 e. The molecule has 0 amide bonds. The molecule has 0 rings (SSSR count). The van der Waals surface area contributed by atoms with Gasteiger partial charge in [0.05, 0.1) is 25.8 Å². The maximum absolute atomic E-state index is 10.5. The lowest BCUT2D eigenvalue weighted by Crippen LogP contribution is -2.58. The van der Waals surface area contributed by atoms with Gasteiger partial charge in [0.15, 0.2) is 0 Å². The van der Waals surface area contributed by atoms with Gasteiger partial charge in [-0.1, -0.05) is 0 Å². The van der Waals surface area contributed by atoms with Gasteiger partial charge in [-0.15, -0.1) is 0 Å². The molecule has 0 saturated heterocycles. The van der Waals surface area contributed by atoms with E-state index in [1.165, 1.54) is 0 Å². The first kappa shape index (κ1) is 13.3. The molecule has 0 aliphatic rings. The predicted octanol–water partition coefficient (Wildman–Crippen LogP) is -3.47. The minimum atomic E-state index is -1.25. The zero-order valence-corrected chi connectivity index (χ0v) is 8.06. The fraction of sp³-hybridized carbons (Fsp3) is 0.875. The number of hydrogen-bond donors (Lipinski definition) is 3. The van der Waals surface area contributed by atoms with Crippen LogP contribution in [0.3, 0.4) is 0 Å². The summed E-state index contributed by atoms with van der Waals surface area (Å²) in [6, 6.07) is 0. The SMILES string of the molecule is O=C([O-])C[N+](CCO)(CCO)CCO. The van der Waals surface area contributed by atoms with Gasteiger partial charge in [0.25, 0.3) is 0 Å². The molecule has 0 bridgehead atoms. The monoisotopic (exact) mass is 207 g/mol. The summed E-state index contributed by atoms with van der Waals surface area (Å²) in [5.41, 5.74) is 0. The molecule has 0 heterocycles. The van der Waals surface area contributed by atoms with Crippen molar-refractivity contribution >= 4 is 5.97 Å². The Bertz CT molecular complexity index is 156. The molecule has 6 nitrogen and oxygen atoms in total. The Labute approximate surface area is 82.6 Å². The summed E-state index contributed by atoms with van der Waals surface area (Å²) >= 11 is 0. The van der Waals surface area contributed by atoms with Crippen molar-refractivity contribution < 1.29 is 29.7 Å². The third-order valence-corrected chi connectivity index (χ3v) is 2.19. The first-order chi connectivity index (χ1) is 6.60. The molecular weight excluding hydrogens is 190 g/mol. The predicted molar refractivity (Wildman–Crippen MR) is 46.0 cm³/mol. The summed E-state index contributed by atoms with van der Waals surface area (Å²) in [5.74, 6) is -1.25. The molecule has 0 aromatic heterocycles. The number of carbonyl (C=O) groups is 1. The summed E-state index contributed by atoms with van der Waals surface area (Å²) in [6.45, 7) is -0.297. The number of carboxylic acids is 1. The molecule has 0 aliphatic carbocycles. The van der Waals surface area contributed by atoms with E-state index in [9.17, 15) is 9.90 Å². The van der Waals surface area contributed by atoms with Gasteiger partial charge in [-0.05, 0) is 0 Å². The van der Waals surface area contributed by atoms with Gasteiger partial charge in [0.1, 0.15) is 26.2 Å². The summed E-state index contributed by atoms with van der Waals surface area (Å²) in [7, 11) is 0. The second-order valence-electron chi connectivity index (χ2n) is 3.21. The summed E-state index contributed by atoms with van der Waals surface area (Å²) in [5, 5.41) is 36.8. The fourth-order valence-corrected chi connectivity index (χ4v) is 1.48. The Morgan fingerprint density at radius 3 is 1.57 bits per heavy atom. The largest absolute Gasteiger partial charge is 0.544 e. The van der Waals surface area contributed by atoms with E-state index in [2.05, 4.69) is 0 Å². The standard InChI is InChI=1S/C8H17NO5/c10-4-1-9(2-5-11,3-6-12)7-8(13)14/h10-12H,1-7H2. The number of aliphatic carboxylic acids is 1. The van der Waals surface area contributed by atoms with Crippen LogP contribution in [0.2, 0.25) is 0 Å². The number of aliphatic hydroxyl groups excluding tert-OH is 3. The average molecular weight is 207 g/mol. The Kier molecular flexibility index (Phi) is 6.39. The Morgan fingerprint density at radius 1 is 1.00 bits per heavy atom. The van der Waals surface area contributed by atoms with E-state index in [4.69, 9.17) is 15.3 Å². The maximum Gasteiger partial charge on any atom is 0.119 e. The number of carbonyl (C=O) groups excluding carboxylic acids is 1. The number of aliphatic hydroxyl groups is 3. The molecule has 0 atom stereocenters. The van der Waals surface area contributed by atoms with Crippen LogP contribution in [0.25, 0.3) is 0 Å². The molecule has 0 aliphatic heterocycles. The van der Waals surface area contributed by atoms with Gasteiger partial charge < -0.3 is 29.7 Å². The van der Waals surface area contributed by atoms with Gasteiger partial charge in [-0.3, -0.25) is 0 Å². The lowest BCUT2D eigenvalue weighted by Gasteiger charge is -2.37. The van der Waals surface area contributed by atoms with Crippen molar-refractivity contribution in [1.82, 2.24) is 0 Å². The molecule has 14 heavy (non-hydrogen) atoms. The molecular formula is C8H17NO5. The maximum atomic E-state index is 10.5. The van der Waals surface area contributed by atoms with Crippen molar-refractivity contribution in [3.05, 3.63) is 0 Å². The van der Waals surface area contributed by atoms with Crippen molar-refractivity contribution in [3.8, 4) is 0 Å². The third-order valence-electron chi connectivity index (χ3n) is 2.19. The van der Waals surface area contributed by atoms with E-state index >= 15 is 0 Å². The van der Waals surface area contributed by atoms with Crippen LogP contribution in [-0.4, -0.2) is 71.8 Å². The quantitative estimate of drug-likeness (QED) is 0.359. The van der Waals surface area contributed by atoms with Crippen LogP contribution in [0.1, 0.15) is 0 Å². The van der Waals surface area contributed by atoms with Crippen molar-refractivity contribution in [3.63, 3.8) is 0 Å². The highest BCUT2D eigenvalue weighted by atomic mass is 16.4. The fourth-order valence-electron chi connectivity index (χ4n) is 1.48. The molecule has 0 spiro atoms. The number of carboxylic acid groups (broad SMARTS) is 1. The first-order valence-electron chi connectivity index (χ1n) is 4.48. The zero-order valence-electron chi connectivity index (χ0n) is 8.06. The summed E-state index contributed by atoms with van der Waals surface area (Å²) in [6.07, 6.45) is 0. The van der Waals surface area contributed by atoms with Crippen LogP contribution in [0, 0.1) is 0 Å². The minimum absolute atomic E-state index is 0.0498. The lowest BCUT2D eigenvalue weighted by molar-refractivity contribution is -0.923. The highest BCUT2D eigenvalue weighted by Gasteiger charge is 2.25. The number of rotatable bonds is 8. The summed E-state index contributed by atoms with van der Waals surface area (Å²) in [4.78, 5) is 10.5. The highest BCUT2D eigenvalue weighted by molar-refractivity contribution is 5.65. The number of quaternary nitrogens is 1. The molecule has 3 N–H and O–H groups in total. The normalized spacial score (nSPS) is 11.6. The zero-order chi connectivity index (χ0) is 11.0. The van der Waals surface area contributed by atoms with Crippen LogP contribution >= 0.6 is 0 Å². The van der Waals surface area contributed by atoms with E-state index in [0.717, 1.165) is 0 Å². The minimum Gasteiger partial charge on any atom is -0.544 e. The molecule has 0 unspecified atom stereocenters.